The van der Waals surface area contributed by atoms with Crippen LogP contribution in [0.15, 0.2) is 16.6 Å². The van der Waals surface area contributed by atoms with Crippen LogP contribution in [0.4, 0.5) is 0 Å². The van der Waals surface area contributed by atoms with E-state index in [2.05, 4.69) is 22.9 Å². The van der Waals surface area contributed by atoms with Gasteiger partial charge in [-0.1, -0.05) is 56.5 Å². The van der Waals surface area contributed by atoms with E-state index in [1.54, 1.807) is 6.92 Å². The predicted octanol–water partition coefficient (Wildman–Crippen LogP) is 5.22. The Balaban J connectivity index is 3.13. The number of hydrogen-bond acceptors (Lipinski definition) is 3. The number of hydrogen-bond donors (Lipinski definition) is 1. The van der Waals surface area contributed by atoms with Gasteiger partial charge in [-0.05, 0) is 36.5 Å². The fourth-order valence-corrected chi connectivity index (χ4v) is 2.62. The van der Waals surface area contributed by atoms with Crippen LogP contribution in [-0.4, -0.2) is 23.1 Å². The van der Waals surface area contributed by atoms with Gasteiger partial charge in [0.2, 0.25) is 0 Å². The molecule has 0 amide bonds. The van der Waals surface area contributed by atoms with Crippen LogP contribution < -0.4 is 0 Å². The largest absolute Gasteiger partial charge is 0.478 e. The normalized spacial score (nSPS) is 12.8. The van der Waals surface area contributed by atoms with E-state index in [0.29, 0.717) is 4.47 Å². The van der Waals surface area contributed by atoms with Gasteiger partial charge in [-0.2, -0.15) is 0 Å². The number of benzene rings is 1. The summed E-state index contributed by atoms with van der Waals surface area (Å²) in [7, 11) is 0. The summed E-state index contributed by atoms with van der Waals surface area (Å²) in [4.78, 5) is 24.0. The van der Waals surface area contributed by atoms with E-state index in [1.807, 2.05) is 20.8 Å². The molecule has 0 saturated carbocycles. The molecule has 0 bridgehead atoms. The first kappa shape index (κ1) is 19.7. The number of rotatable bonds is 6. The summed E-state index contributed by atoms with van der Waals surface area (Å²) < 4.78 is 6.36. The molecule has 0 fully saturated rings. The molecule has 1 aromatic rings. The van der Waals surface area contributed by atoms with E-state index in [9.17, 15) is 14.7 Å². The van der Waals surface area contributed by atoms with E-state index in [1.165, 1.54) is 12.1 Å². The highest BCUT2D eigenvalue weighted by Gasteiger charge is 2.30. The number of aromatic carboxylic acids is 1. The van der Waals surface area contributed by atoms with Crippen molar-refractivity contribution < 1.29 is 19.4 Å². The number of carbonyl (C=O) groups excluding carboxylic acids is 1. The SMILES string of the molecule is CCCCC(OC(=O)c1cc(Br)c(C)cc1C(=O)O)C(C)(C)C. The Morgan fingerprint density at radius 1 is 1.26 bits per heavy atom. The summed E-state index contributed by atoms with van der Waals surface area (Å²) in [6, 6.07) is 3.02. The average Bonchev–Trinajstić information content (AvgIpc) is 2.44. The fourth-order valence-electron chi connectivity index (χ4n) is 2.28. The highest BCUT2D eigenvalue weighted by atomic mass is 79.9. The van der Waals surface area contributed by atoms with Gasteiger partial charge in [0.25, 0.3) is 0 Å². The highest BCUT2D eigenvalue weighted by Crippen LogP contribution is 2.29. The van der Waals surface area contributed by atoms with Crippen molar-refractivity contribution in [3.63, 3.8) is 0 Å². The van der Waals surface area contributed by atoms with Gasteiger partial charge in [-0.15, -0.1) is 0 Å². The van der Waals surface area contributed by atoms with Crippen molar-refractivity contribution in [1.29, 1.82) is 0 Å². The average molecular weight is 385 g/mol. The first-order valence-electron chi connectivity index (χ1n) is 7.82. The minimum absolute atomic E-state index is 0.0288. The molecule has 23 heavy (non-hydrogen) atoms. The van der Waals surface area contributed by atoms with Crippen molar-refractivity contribution in [1.82, 2.24) is 0 Å². The molecule has 0 spiro atoms. The van der Waals surface area contributed by atoms with E-state index < -0.39 is 11.9 Å². The maximum absolute atomic E-state index is 12.5. The minimum Gasteiger partial charge on any atom is -0.478 e. The molecular weight excluding hydrogens is 360 g/mol. The third kappa shape index (κ3) is 5.34. The van der Waals surface area contributed by atoms with E-state index in [4.69, 9.17) is 4.74 Å². The number of unbranched alkanes of at least 4 members (excludes halogenated alkanes) is 1. The zero-order valence-corrected chi connectivity index (χ0v) is 16.0. The maximum atomic E-state index is 12.5. The summed E-state index contributed by atoms with van der Waals surface area (Å²) in [6.45, 7) is 9.92. The predicted molar refractivity (Wildman–Crippen MR) is 94.0 cm³/mol. The summed E-state index contributed by atoms with van der Waals surface area (Å²) in [5.74, 6) is -1.72. The molecule has 5 heteroatoms. The molecule has 4 nitrogen and oxygen atoms in total. The molecular formula is C18H25BrO4. The van der Waals surface area contributed by atoms with Gasteiger partial charge in [-0.3, -0.25) is 0 Å². The third-order valence-corrected chi connectivity index (χ3v) is 4.64. The molecule has 0 heterocycles. The van der Waals surface area contributed by atoms with Crippen molar-refractivity contribution >= 4 is 27.9 Å². The molecule has 0 aromatic heterocycles. The van der Waals surface area contributed by atoms with E-state index >= 15 is 0 Å². The Morgan fingerprint density at radius 2 is 1.87 bits per heavy atom. The smallest absolute Gasteiger partial charge is 0.339 e. The summed E-state index contributed by atoms with van der Waals surface area (Å²) >= 11 is 3.34. The Kier molecular flexibility index (Phi) is 6.81. The van der Waals surface area contributed by atoms with Gasteiger partial charge in [0.15, 0.2) is 0 Å². The second kappa shape index (κ2) is 7.95. The summed E-state index contributed by atoms with van der Waals surface area (Å²) in [5, 5.41) is 9.34. The monoisotopic (exact) mass is 384 g/mol. The van der Waals surface area contributed by atoms with E-state index in [0.717, 1.165) is 24.8 Å². The lowest BCUT2D eigenvalue weighted by Crippen LogP contribution is -2.32. The lowest BCUT2D eigenvalue weighted by molar-refractivity contribution is -0.00697. The topological polar surface area (TPSA) is 63.6 Å². The Bertz CT molecular complexity index is 587. The Morgan fingerprint density at radius 3 is 2.35 bits per heavy atom. The molecule has 0 aliphatic heterocycles. The van der Waals surface area contributed by atoms with Gasteiger partial charge in [-0.25, -0.2) is 9.59 Å². The molecule has 0 aliphatic rings. The zero-order chi connectivity index (χ0) is 17.8. The standard InChI is InChI=1S/C18H25BrO4/c1-6-7-8-15(18(3,4)5)23-17(22)13-10-14(19)11(2)9-12(13)16(20)21/h9-10,15H,6-8H2,1-5H3,(H,20,21). The number of halogens is 1. The van der Waals surface area contributed by atoms with Crippen molar-refractivity contribution in [2.45, 2.75) is 60.0 Å². The summed E-state index contributed by atoms with van der Waals surface area (Å²) in [5.41, 5.74) is 0.618. The van der Waals surface area contributed by atoms with Gasteiger partial charge < -0.3 is 9.84 Å². The molecule has 0 radical (unpaired) electrons. The van der Waals surface area contributed by atoms with Gasteiger partial charge in [0.05, 0.1) is 11.1 Å². The lowest BCUT2D eigenvalue weighted by atomic mass is 9.86. The van der Waals surface area contributed by atoms with E-state index in [-0.39, 0.29) is 22.6 Å². The third-order valence-electron chi connectivity index (χ3n) is 3.78. The molecule has 1 N–H and O–H groups in total. The highest BCUT2D eigenvalue weighted by molar-refractivity contribution is 9.10. The molecule has 1 atom stereocenters. The van der Waals surface area contributed by atoms with Crippen molar-refractivity contribution in [3.8, 4) is 0 Å². The van der Waals surface area contributed by atoms with Crippen LogP contribution in [0.1, 0.15) is 73.2 Å². The van der Waals surface area contributed by atoms with Crippen LogP contribution in [0.2, 0.25) is 0 Å². The first-order chi connectivity index (χ1) is 10.6. The number of carboxylic acids is 1. The van der Waals surface area contributed by atoms with Gasteiger partial charge in [0, 0.05) is 4.47 Å². The number of carbonyl (C=O) groups is 2. The zero-order valence-electron chi connectivity index (χ0n) is 14.4. The van der Waals surface area contributed by atoms with Crippen molar-refractivity contribution in [3.05, 3.63) is 33.3 Å². The molecule has 0 saturated heterocycles. The Labute approximate surface area is 146 Å². The molecule has 1 unspecified atom stereocenters. The summed E-state index contributed by atoms with van der Waals surface area (Å²) in [6.07, 6.45) is 2.48. The second-order valence-electron chi connectivity index (χ2n) is 6.85. The Hall–Kier alpha value is -1.36. The quantitative estimate of drug-likeness (QED) is 0.682. The van der Waals surface area contributed by atoms with Gasteiger partial charge >= 0.3 is 11.9 Å². The van der Waals surface area contributed by atoms with Crippen molar-refractivity contribution in [2.75, 3.05) is 0 Å². The molecule has 0 aliphatic carbocycles. The van der Waals surface area contributed by atoms with Crippen molar-refractivity contribution in [2.24, 2.45) is 5.41 Å². The maximum Gasteiger partial charge on any atom is 0.339 e. The number of ether oxygens (including phenoxy) is 1. The molecule has 128 valence electrons. The number of esters is 1. The molecule has 1 aromatic carbocycles. The van der Waals surface area contributed by atoms with Gasteiger partial charge in [0.1, 0.15) is 6.10 Å². The minimum atomic E-state index is -1.13. The second-order valence-corrected chi connectivity index (χ2v) is 7.71. The number of carboxylic acid groups (broad SMARTS) is 1. The van der Waals surface area contributed by atoms with Crippen LogP contribution >= 0.6 is 15.9 Å². The van der Waals surface area contributed by atoms with Crippen LogP contribution in [0.3, 0.4) is 0 Å². The molecule has 1 rings (SSSR count). The lowest BCUT2D eigenvalue weighted by Gasteiger charge is -2.30. The van der Waals surface area contributed by atoms with Crippen LogP contribution in [0.25, 0.3) is 0 Å². The van der Waals surface area contributed by atoms with Crippen LogP contribution in [-0.2, 0) is 4.74 Å². The fraction of sp³-hybridized carbons (Fsp3) is 0.556. The first-order valence-corrected chi connectivity index (χ1v) is 8.61. The number of aryl methyl sites for hydroxylation is 1. The van der Waals surface area contributed by atoms with Crippen LogP contribution in [0, 0.1) is 12.3 Å². The van der Waals surface area contributed by atoms with Crippen LogP contribution in [0.5, 0.6) is 0 Å².